The van der Waals surface area contributed by atoms with Crippen LogP contribution in [0.25, 0.3) is 0 Å². The zero-order valence-electron chi connectivity index (χ0n) is 22.8. The molecule has 1 unspecified atom stereocenters. The Morgan fingerprint density at radius 1 is 1.00 bits per heavy atom. The molecule has 4 rings (SSSR count). The molecule has 0 bridgehead atoms. The van der Waals surface area contributed by atoms with Crippen LogP contribution < -0.4 is 5.32 Å². The number of rotatable bonds is 7. The molecule has 0 fully saturated rings. The van der Waals surface area contributed by atoms with Crippen LogP contribution in [0.2, 0.25) is 0 Å². The van der Waals surface area contributed by atoms with E-state index in [2.05, 4.69) is 11.9 Å². The van der Waals surface area contributed by atoms with Crippen LogP contribution >= 0.6 is 0 Å². The largest absolute Gasteiger partial charge is 0.508 e. The predicted octanol–water partition coefficient (Wildman–Crippen LogP) is 6.23. The van der Waals surface area contributed by atoms with Crippen LogP contribution in [0, 0.1) is 13.8 Å². The van der Waals surface area contributed by atoms with Crippen LogP contribution in [0.3, 0.4) is 0 Å². The van der Waals surface area contributed by atoms with E-state index in [9.17, 15) is 19.8 Å². The van der Waals surface area contributed by atoms with Gasteiger partial charge >= 0.3 is 5.97 Å². The van der Waals surface area contributed by atoms with E-state index < -0.39 is 11.6 Å². The number of ether oxygens (including phenoxy) is 1. The molecule has 1 aliphatic heterocycles. The molecule has 6 heteroatoms. The molecule has 0 saturated heterocycles. The van der Waals surface area contributed by atoms with Crippen molar-refractivity contribution in [2.75, 3.05) is 0 Å². The van der Waals surface area contributed by atoms with Gasteiger partial charge in [-0.05, 0) is 78.3 Å². The van der Waals surface area contributed by atoms with E-state index in [1.165, 1.54) is 6.08 Å². The lowest BCUT2D eigenvalue weighted by Gasteiger charge is -2.35. The molecule has 38 heavy (non-hydrogen) atoms. The van der Waals surface area contributed by atoms with E-state index in [1.807, 2.05) is 65.8 Å². The van der Waals surface area contributed by atoms with Crippen molar-refractivity contribution < 1.29 is 24.5 Å². The summed E-state index contributed by atoms with van der Waals surface area (Å²) >= 11 is 0. The lowest BCUT2D eigenvalue weighted by Crippen LogP contribution is -2.33. The average Bonchev–Trinajstić information content (AvgIpc) is 3.16. The van der Waals surface area contributed by atoms with Gasteiger partial charge in [-0.25, -0.2) is 4.79 Å². The summed E-state index contributed by atoms with van der Waals surface area (Å²) in [5.41, 5.74) is 4.68. The Bertz CT molecular complexity index is 1450. The number of aromatic hydroxyl groups is 2. The third-order valence-corrected chi connectivity index (χ3v) is 7.49. The van der Waals surface area contributed by atoms with Crippen molar-refractivity contribution in [2.24, 2.45) is 0 Å². The molecule has 1 heterocycles. The molecule has 0 radical (unpaired) electrons. The van der Waals surface area contributed by atoms with Crippen LogP contribution in [-0.4, -0.2) is 22.1 Å². The fourth-order valence-corrected chi connectivity index (χ4v) is 5.43. The summed E-state index contributed by atoms with van der Waals surface area (Å²) < 4.78 is 6.40. The smallest absolute Gasteiger partial charge is 0.340 e. The summed E-state index contributed by atoms with van der Waals surface area (Å²) in [5.74, 6) is -0.547. The molecule has 1 atom stereocenters. The Morgan fingerprint density at radius 2 is 1.63 bits per heavy atom. The van der Waals surface area contributed by atoms with Gasteiger partial charge in [-0.2, -0.15) is 0 Å². The quantitative estimate of drug-likeness (QED) is 0.257. The molecule has 0 aliphatic carbocycles. The number of fused-ring (bicyclic) bond motifs is 1. The topological polar surface area (TPSA) is 95.9 Å². The van der Waals surface area contributed by atoms with Crippen molar-refractivity contribution in [3.63, 3.8) is 0 Å². The fraction of sp³-hybridized carbons (Fsp3) is 0.312. The Hall–Kier alpha value is -4.06. The third kappa shape index (κ3) is 4.24. The second kappa shape index (κ2) is 10.0. The van der Waals surface area contributed by atoms with Gasteiger partial charge in [0.2, 0.25) is 5.91 Å². The van der Waals surface area contributed by atoms with Gasteiger partial charge in [0.1, 0.15) is 11.5 Å². The van der Waals surface area contributed by atoms with Crippen molar-refractivity contribution in [1.29, 1.82) is 0 Å². The monoisotopic (exact) mass is 513 g/mol. The summed E-state index contributed by atoms with van der Waals surface area (Å²) in [7, 11) is 0. The number of carbonyl (C=O) groups is 2. The van der Waals surface area contributed by atoms with Crippen LogP contribution in [0.1, 0.15) is 94.4 Å². The molecule has 0 aromatic heterocycles. The van der Waals surface area contributed by atoms with Crippen LogP contribution in [0.5, 0.6) is 11.5 Å². The number of hydrogen-bond donors (Lipinski definition) is 3. The number of phenols is 2. The zero-order chi connectivity index (χ0) is 27.9. The van der Waals surface area contributed by atoms with E-state index in [0.29, 0.717) is 33.4 Å². The van der Waals surface area contributed by atoms with Crippen LogP contribution in [0.15, 0.2) is 55.1 Å². The molecule has 3 aromatic rings. The second-order valence-electron chi connectivity index (χ2n) is 10.5. The molecular weight excluding hydrogens is 478 g/mol. The third-order valence-electron chi connectivity index (χ3n) is 7.49. The first-order chi connectivity index (χ1) is 17.9. The lowest BCUT2D eigenvalue weighted by molar-refractivity contribution is -0.116. The zero-order valence-corrected chi connectivity index (χ0v) is 22.8. The number of benzene rings is 3. The lowest BCUT2D eigenvalue weighted by atomic mass is 9.73. The highest BCUT2D eigenvalue weighted by atomic mass is 16.6. The highest BCUT2D eigenvalue weighted by molar-refractivity contribution is 5.96. The van der Waals surface area contributed by atoms with E-state index in [1.54, 1.807) is 18.2 Å². The van der Waals surface area contributed by atoms with Crippen molar-refractivity contribution >= 4 is 11.9 Å². The summed E-state index contributed by atoms with van der Waals surface area (Å²) in [4.78, 5) is 25.4. The number of aryl methyl sites for hydroxylation is 1. The minimum Gasteiger partial charge on any atom is -0.508 e. The van der Waals surface area contributed by atoms with Gasteiger partial charge in [0.05, 0.1) is 5.56 Å². The van der Waals surface area contributed by atoms with E-state index in [-0.39, 0.29) is 35.8 Å². The Balaban J connectivity index is 2.14. The first-order valence-corrected chi connectivity index (χ1v) is 12.9. The SMILES string of the molecule is C=CC(=O)NCc1c(C)c(C2(c3cc(C(C)C)c(O)cc3C)OC(=O)c3ccccc32)cc(C(C)C)c1O. The van der Waals surface area contributed by atoms with Gasteiger partial charge in [0, 0.05) is 28.8 Å². The minimum absolute atomic E-state index is 0.0237. The van der Waals surface area contributed by atoms with Gasteiger partial charge in [0.15, 0.2) is 5.60 Å². The Morgan fingerprint density at radius 3 is 2.26 bits per heavy atom. The Kier molecular flexibility index (Phi) is 7.11. The molecule has 1 aliphatic rings. The minimum atomic E-state index is -1.33. The number of carbonyl (C=O) groups excluding carboxylic acids is 2. The standard InChI is InChI=1S/C32H35NO5/c1-8-29(35)33-16-24-20(7)27(15-23(18(4)5)30(24)36)32(25-12-10-9-11-21(25)31(37)38-32)26-14-22(17(2)3)28(34)13-19(26)6/h8-15,17-18,34,36H,1,16H2,2-7H3,(H,33,35). The number of amides is 1. The fourth-order valence-electron chi connectivity index (χ4n) is 5.43. The predicted molar refractivity (Wildman–Crippen MR) is 148 cm³/mol. The number of hydrogen-bond acceptors (Lipinski definition) is 5. The molecule has 198 valence electrons. The van der Waals surface area contributed by atoms with Crippen LogP contribution in [0.4, 0.5) is 0 Å². The number of cyclic esters (lactones) is 1. The molecular formula is C32H35NO5. The van der Waals surface area contributed by atoms with Gasteiger partial charge in [-0.3, -0.25) is 4.79 Å². The summed E-state index contributed by atoms with van der Waals surface area (Å²) in [6.45, 7) is 15.3. The van der Waals surface area contributed by atoms with Crippen LogP contribution in [-0.2, 0) is 21.7 Å². The maximum atomic E-state index is 13.4. The second-order valence-corrected chi connectivity index (χ2v) is 10.5. The first-order valence-electron chi connectivity index (χ1n) is 12.9. The highest BCUT2D eigenvalue weighted by Crippen LogP contribution is 2.52. The van der Waals surface area contributed by atoms with Crippen molar-refractivity contribution in [3.8, 4) is 11.5 Å². The maximum Gasteiger partial charge on any atom is 0.340 e. The van der Waals surface area contributed by atoms with Gasteiger partial charge in [0.25, 0.3) is 0 Å². The van der Waals surface area contributed by atoms with E-state index >= 15 is 0 Å². The number of phenolic OH excluding ortho intramolecular Hbond substituents is 2. The summed E-state index contributed by atoms with van der Waals surface area (Å²) in [6, 6.07) is 12.9. The van der Waals surface area contributed by atoms with E-state index in [4.69, 9.17) is 4.74 Å². The Labute approximate surface area is 224 Å². The number of nitrogens with one attached hydrogen (secondary N) is 1. The van der Waals surface area contributed by atoms with Gasteiger partial charge in [-0.1, -0.05) is 52.5 Å². The molecule has 0 spiro atoms. The van der Waals surface area contributed by atoms with Crippen molar-refractivity contribution in [2.45, 2.75) is 65.5 Å². The van der Waals surface area contributed by atoms with Crippen molar-refractivity contribution in [3.05, 3.63) is 105 Å². The summed E-state index contributed by atoms with van der Waals surface area (Å²) in [5, 5.41) is 24.8. The number of esters is 1. The molecule has 1 amide bonds. The molecule has 6 nitrogen and oxygen atoms in total. The first kappa shape index (κ1) is 27.0. The molecule has 0 saturated carbocycles. The highest BCUT2D eigenvalue weighted by Gasteiger charge is 2.51. The summed E-state index contributed by atoms with van der Waals surface area (Å²) in [6.07, 6.45) is 1.18. The van der Waals surface area contributed by atoms with Gasteiger partial charge < -0.3 is 20.3 Å². The maximum absolute atomic E-state index is 13.4. The van der Waals surface area contributed by atoms with E-state index in [0.717, 1.165) is 16.7 Å². The normalized spacial score (nSPS) is 16.5. The molecule has 3 aromatic carbocycles. The molecule has 3 N–H and O–H groups in total. The van der Waals surface area contributed by atoms with Gasteiger partial charge in [-0.15, -0.1) is 0 Å². The average molecular weight is 514 g/mol. The van der Waals surface area contributed by atoms with Crippen molar-refractivity contribution in [1.82, 2.24) is 5.32 Å².